The number of amides is 2. The molecule has 0 saturated carbocycles. The van der Waals surface area contributed by atoms with Crippen molar-refractivity contribution in [2.75, 3.05) is 38.0 Å². The average molecular weight is 417 g/mol. The summed E-state index contributed by atoms with van der Waals surface area (Å²) >= 11 is 0. The van der Waals surface area contributed by atoms with Crippen LogP contribution in [0.15, 0.2) is 47.1 Å². The normalized spacial score (nSPS) is 13.7. The standard InChI is InChI=1S/C18H21N3O3.C2H2O4/c1-14-5-2-3-6-15(14)19-18(23)21-10-8-20(9-11-21)13-16(22)17-7-4-12-24-17;3-1(4)2(5)6/h2-7,12H,8-11,13H2,1H3,(H,19,23);(H,3,4)(H,5,6). The average Bonchev–Trinajstić information content (AvgIpc) is 3.26. The van der Waals surface area contributed by atoms with Crippen LogP contribution in [-0.2, 0) is 9.59 Å². The molecule has 0 unspecified atom stereocenters. The molecule has 0 aliphatic carbocycles. The molecule has 1 aliphatic heterocycles. The Morgan fingerprint density at radius 3 is 2.13 bits per heavy atom. The van der Waals surface area contributed by atoms with Crippen molar-refractivity contribution in [3.8, 4) is 0 Å². The van der Waals surface area contributed by atoms with Crippen LogP contribution in [0.2, 0.25) is 0 Å². The second-order valence-corrected chi connectivity index (χ2v) is 6.52. The zero-order chi connectivity index (χ0) is 22.1. The zero-order valence-electron chi connectivity index (χ0n) is 16.4. The lowest BCUT2D eigenvalue weighted by Crippen LogP contribution is -2.51. The minimum atomic E-state index is -1.82. The lowest BCUT2D eigenvalue weighted by Gasteiger charge is -2.34. The molecule has 2 aromatic rings. The number of benzene rings is 1. The maximum atomic E-state index is 12.3. The summed E-state index contributed by atoms with van der Waals surface area (Å²) in [5, 5.41) is 17.7. The second-order valence-electron chi connectivity index (χ2n) is 6.52. The molecule has 1 aromatic carbocycles. The van der Waals surface area contributed by atoms with Gasteiger partial charge in [0.1, 0.15) is 0 Å². The van der Waals surface area contributed by atoms with Crippen molar-refractivity contribution in [2.24, 2.45) is 0 Å². The van der Waals surface area contributed by atoms with Gasteiger partial charge in [0.05, 0.1) is 12.8 Å². The van der Waals surface area contributed by atoms with Gasteiger partial charge in [-0.1, -0.05) is 18.2 Å². The summed E-state index contributed by atoms with van der Waals surface area (Å²) in [5.74, 6) is -3.29. The van der Waals surface area contributed by atoms with Crippen LogP contribution >= 0.6 is 0 Å². The highest BCUT2D eigenvalue weighted by atomic mass is 16.4. The molecule has 0 bridgehead atoms. The van der Waals surface area contributed by atoms with Crippen LogP contribution in [0.5, 0.6) is 0 Å². The number of aliphatic carboxylic acids is 2. The lowest BCUT2D eigenvalue weighted by atomic mass is 10.2. The molecular formula is C20H23N3O7. The predicted molar refractivity (Wildman–Crippen MR) is 107 cm³/mol. The number of carboxylic acids is 2. The summed E-state index contributed by atoms with van der Waals surface area (Å²) in [6, 6.07) is 11.0. The van der Waals surface area contributed by atoms with Gasteiger partial charge in [-0.15, -0.1) is 0 Å². The number of nitrogens with one attached hydrogen (secondary N) is 1. The number of aryl methyl sites for hydroxylation is 1. The molecule has 1 aliphatic rings. The van der Waals surface area contributed by atoms with E-state index >= 15 is 0 Å². The number of carbonyl (C=O) groups excluding carboxylic acids is 2. The molecule has 30 heavy (non-hydrogen) atoms. The Balaban J connectivity index is 0.000000469. The number of carboxylic acid groups (broad SMARTS) is 2. The van der Waals surface area contributed by atoms with Crippen LogP contribution in [0.1, 0.15) is 16.1 Å². The van der Waals surface area contributed by atoms with Crippen molar-refractivity contribution in [2.45, 2.75) is 6.92 Å². The minimum Gasteiger partial charge on any atom is -0.473 e. The molecule has 10 nitrogen and oxygen atoms in total. The van der Waals surface area contributed by atoms with Gasteiger partial charge in [0.25, 0.3) is 0 Å². The monoisotopic (exact) mass is 417 g/mol. The number of Topliss-reactive ketones (excluding diaryl/α,β-unsaturated/α-hetero) is 1. The number of ketones is 1. The van der Waals surface area contributed by atoms with Crippen LogP contribution in [0.25, 0.3) is 0 Å². The number of hydrogen-bond acceptors (Lipinski definition) is 6. The first-order chi connectivity index (χ1) is 14.3. The van der Waals surface area contributed by atoms with Crippen molar-refractivity contribution >= 4 is 29.4 Å². The van der Waals surface area contributed by atoms with Crippen molar-refractivity contribution in [3.05, 3.63) is 54.0 Å². The Hall–Kier alpha value is -3.66. The molecule has 2 heterocycles. The highest BCUT2D eigenvalue weighted by Crippen LogP contribution is 2.14. The molecule has 0 spiro atoms. The van der Waals surface area contributed by atoms with E-state index in [2.05, 4.69) is 5.32 Å². The number of rotatable bonds is 4. The fraction of sp³-hybridized carbons (Fsp3) is 0.300. The van der Waals surface area contributed by atoms with Gasteiger partial charge in [0.2, 0.25) is 5.78 Å². The van der Waals surface area contributed by atoms with Gasteiger partial charge in [-0.3, -0.25) is 9.69 Å². The molecule has 10 heteroatoms. The Morgan fingerprint density at radius 2 is 1.60 bits per heavy atom. The number of anilines is 1. The van der Waals surface area contributed by atoms with Gasteiger partial charge < -0.3 is 24.8 Å². The first kappa shape index (κ1) is 22.6. The number of hydrogen-bond donors (Lipinski definition) is 3. The van der Waals surface area contributed by atoms with Gasteiger partial charge in [0, 0.05) is 31.9 Å². The molecule has 3 rings (SSSR count). The predicted octanol–water partition coefficient (Wildman–Crippen LogP) is 1.78. The van der Waals surface area contributed by atoms with Crippen molar-refractivity contribution in [1.82, 2.24) is 9.80 Å². The Morgan fingerprint density at radius 1 is 0.967 bits per heavy atom. The van der Waals surface area contributed by atoms with Crippen LogP contribution < -0.4 is 5.32 Å². The summed E-state index contributed by atoms with van der Waals surface area (Å²) in [4.78, 5) is 46.4. The molecule has 3 N–H and O–H groups in total. The van der Waals surface area contributed by atoms with E-state index in [1.165, 1.54) is 6.26 Å². The van der Waals surface area contributed by atoms with Gasteiger partial charge in [-0.05, 0) is 30.7 Å². The first-order valence-electron chi connectivity index (χ1n) is 9.14. The molecule has 0 atom stereocenters. The molecule has 160 valence electrons. The van der Waals surface area contributed by atoms with E-state index < -0.39 is 11.9 Å². The topological polar surface area (TPSA) is 140 Å². The van der Waals surface area contributed by atoms with Crippen molar-refractivity contribution < 1.29 is 33.8 Å². The Labute approximate surface area is 172 Å². The van der Waals surface area contributed by atoms with E-state index in [-0.39, 0.29) is 11.8 Å². The first-order valence-corrected chi connectivity index (χ1v) is 9.14. The van der Waals surface area contributed by atoms with Crippen molar-refractivity contribution in [1.29, 1.82) is 0 Å². The maximum Gasteiger partial charge on any atom is 0.414 e. The third kappa shape index (κ3) is 6.74. The van der Waals surface area contributed by atoms with E-state index in [9.17, 15) is 9.59 Å². The third-order valence-corrected chi connectivity index (χ3v) is 4.39. The maximum absolute atomic E-state index is 12.3. The summed E-state index contributed by atoms with van der Waals surface area (Å²) in [6.45, 7) is 4.84. The number of para-hydroxylation sites is 1. The highest BCUT2D eigenvalue weighted by molar-refractivity contribution is 6.27. The van der Waals surface area contributed by atoms with E-state index in [1.54, 1.807) is 17.0 Å². The summed E-state index contributed by atoms with van der Waals surface area (Å²) in [5.41, 5.74) is 1.87. The van der Waals surface area contributed by atoms with Gasteiger partial charge >= 0.3 is 18.0 Å². The second kappa shape index (κ2) is 10.8. The largest absolute Gasteiger partial charge is 0.473 e. The van der Waals surface area contributed by atoms with Gasteiger partial charge in [-0.2, -0.15) is 0 Å². The SMILES string of the molecule is Cc1ccccc1NC(=O)N1CCN(CC(=O)c2ccco2)CC1.O=C(O)C(=O)O. The molecule has 2 amide bonds. The van der Waals surface area contributed by atoms with E-state index in [1.807, 2.05) is 36.1 Å². The summed E-state index contributed by atoms with van der Waals surface area (Å²) in [6.07, 6.45) is 1.50. The fourth-order valence-corrected chi connectivity index (χ4v) is 2.73. The number of urea groups is 1. The van der Waals surface area contributed by atoms with E-state index in [4.69, 9.17) is 24.2 Å². The Bertz CT molecular complexity index is 876. The van der Waals surface area contributed by atoms with E-state index in [0.717, 1.165) is 11.3 Å². The van der Waals surface area contributed by atoms with Crippen molar-refractivity contribution in [3.63, 3.8) is 0 Å². The number of nitrogens with zero attached hydrogens (tertiary/aromatic N) is 2. The third-order valence-electron chi connectivity index (χ3n) is 4.39. The van der Waals surface area contributed by atoms with Crippen LogP contribution in [-0.4, -0.2) is 76.5 Å². The lowest BCUT2D eigenvalue weighted by molar-refractivity contribution is -0.159. The molecule has 1 aromatic heterocycles. The van der Waals surface area contributed by atoms with Crippen LogP contribution in [0, 0.1) is 6.92 Å². The van der Waals surface area contributed by atoms with Gasteiger partial charge in [0.15, 0.2) is 5.76 Å². The number of furan rings is 1. The highest BCUT2D eigenvalue weighted by Gasteiger charge is 2.23. The van der Waals surface area contributed by atoms with Crippen LogP contribution in [0.4, 0.5) is 10.5 Å². The van der Waals surface area contributed by atoms with Gasteiger partial charge in [-0.25, -0.2) is 14.4 Å². The minimum absolute atomic E-state index is 0.0298. The summed E-state index contributed by atoms with van der Waals surface area (Å²) in [7, 11) is 0. The number of piperazine rings is 1. The molecular weight excluding hydrogens is 394 g/mol. The van der Waals surface area contributed by atoms with E-state index in [0.29, 0.717) is 38.5 Å². The Kier molecular flexibility index (Phi) is 8.12. The van der Waals surface area contributed by atoms with Crippen LogP contribution in [0.3, 0.4) is 0 Å². The fourth-order valence-electron chi connectivity index (χ4n) is 2.73. The zero-order valence-corrected chi connectivity index (χ0v) is 16.4. The molecule has 1 fully saturated rings. The quantitative estimate of drug-likeness (QED) is 0.505. The molecule has 1 saturated heterocycles. The molecule has 0 radical (unpaired) electrons. The number of carbonyl (C=O) groups is 4. The summed E-state index contributed by atoms with van der Waals surface area (Å²) < 4.78 is 5.12. The smallest absolute Gasteiger partial charge is 0.414 e.